The number of carbonyl (C=O) groups is 1. The summed E-state index contributed by atoms with van der Waals surface area (Å²) in [6.45, 7) is 0. The molecule has 1 saturated heterocycles. The van der Waals surface area contributed by atoms with E-state index in [2.05, 4.69) is 0 Å². The summed E-state index contributed by atoms with van der Waals surface area (Å²) in [6, 6.07) is 0. The molecule has 0 aromatic rings. The predicted octanol–water partition coefficient (Wildman–Crippen LogP) is 3.55. The van der Waals surface area contributed by atoms with Crippen molar-refractivity contribution in [3.63, 3.8) is 0 Å². The SMILES string of the molecule is O=C1CC2(CCCCC2)N([O-])C2(CCCCC2)C1. The lowest BCUT2D eigenvalue weighted by Gasteiger charge is -2.64. The van der Waals surface area contributed by atoms with Crippen molar-refractivity contribution in [1.29, 1.82) is 0 Å². The highest BCUT2D eigenvalue weighted by Gasteiger charge is 2.49. The van der Waals surface area contributed by atoms with Crippen LogP contribution in [0.1, 0.15) is 77.0 Å². The molecular formula is C15H24NO2-. The van der Waals surface area contributed by atoms with Crippen LogP contribution in [-0.4, -0.2) is 21.9 Å². The van der Waals surface area contributed by atoms with Crippen molar-refractivity contribution >= 4 is 5.78 Å². The second kappa shape index (κ2) is 4.61. The van der Waals surface area contributed by atoms with Gasteiger partial charge in [0.25, 0.3) is 0 Å². The maximum absolute atomic E-state index is 13.0. The molecule has 3 rings (SSSR count). The van der Waals surface area contributed by atoms with Crippen LogP contribution in [0.25, 0.3) is 0 Å². The standard InChI is InChI=1S/C15H24NO2/c17-13-11-14(7-3-1-4-8-14)16(18)15(12-13)9-5-2-6-10-15/h1-12H2/q-1. The van der Waals surface area contributed by atoms with Crippen molar-refractivity contribution in [2.24, 2.45) is 0 Å². The lowest BCUT2D eigenvalue weighted by atomic mass is 9.66. The van der Waals surface area contributed by atoms with Gasteiger partial charge in [-0.3, -0.25) is 4.79 Å². The molecule has 3 nitrogen and oxygen atoms in total. The fraction of sp³-hybridized carbons (Fsp3) is 0.933. The Morgan fingerprint density at radius 2 is 1.17 bits per heavy atom. The first-order valence-corrected chi connectivity index (χ1v) is 7.66. The number of carbonyl (C=O) groups excluding carboxylic acids is 1. The van der Waals surface area contributed by atoms with Gasteiger partial charge in [0, 0.05) is 23.9 Å². The Morgan fingerprint density at radius 3 is 1.56 bits per heavy atom. The highest BCUT2D eigenvalue weighted by molar-refractivity contribution is 5.82. The maximum atomic E-state index is 13.0. The van der Waals surface area contributed by atoms with Gasteiger partial charge in [-0.1, -0.05) is 38.5 Å². The quantitative estimate of drug-likeness (QED) is 0.660. The molecule has 0 radical (unpaired) electrons. The Bertz CT molecular complexity index is 297. The fourth-order valence-electron chi connectivity index (χ4n) is 4.62. The molecule has 0 N–H and O–H groups in total. The first kappa shape index (κ1) is 12.6. The highest BCUT2D eigenvalue weighted by atomic mass is 16.5. The average molecular weight is 250 g/mol. The molecular weight excluding hydrogens is 226 g/mol. The Morgan fingerprint density at radius 1 is 0.778 bits per heavy atom. The largest absolute Gasteiger partial charge is 0.784 e. The molecule has 0 aromatic heterocycles. The van der Waals surface area contributed by atoms with E-state index in [1.165, 1.54) is 17.9 Å². The molecule has 3 heteroatoms. The first-order chi connectivity index (χ1) is 8.67. The Hall–Kier alpha value is -0.410. The van der Waals surface area contributed by atoms with E-state index in [1.807, 2.05) is 0 Å². The molecule has 0 amide bonds. The third kappa shape index (κ3) is 1.92. The van der Waals surface area contributed by atoms with Crippen molar-refractivity contribution in [3.05, 3.63) is 5.21 Å². The highest BCUT2D eigenvalue weighted by Crippen LogP contribution is 2.49. The molecule has 102 valence electrons. The van der Waals surface area contributed by atoms with Gasteiger partial charge in [0.05, 0.1) is 0 Å². The smallest absolute Gasteiger partial charge is 0.136 e. The summed E-state index contributed by atoms with van der Waals surface area (Å²) >= 11 is 0. The van der Waals surface area contributed by atoms with E-state index >= 15 is 0 Å². The second-order valence-corrected chi connectivity index (χ2v) is 6.76. The summed E-state index contributed by atoms with van der Waals surface area (Å²) in [5.74, 6) is 0.353. The summed E-state index contributed by atoms with van der Waals surface area (Å²) in [6.07, 6.45) is 11.8. The molecule has 1 aliphatic heterocycles. The van der Waals surface area contributed by atoms with Gasteiger partial charge in [-0.25, -0.2) is 0 Å². The van der Waals surface area contributed by atoms with Crippen LogP contribution in [0.5, 0.6) is 0 Å². The van der Waals surface area contributed by atoms with Crippen LogP contribution in [0.15, 0.2) is 0 Å². The van der Waals surface area contributed by atoms with Crippen LogP contribution < -0.4 is 0 Å². The number of nitrogens with zero attached hydrogens (tertiary/aromatic N) is 1. The molecule has 0 aromatic carbocycles. The average Bonchev–Trinajstić information content (AvgIpc) is 2.38. The Kier molecular flexibility index (Phi) is 3.23. The molecule has 2 aliphatic carbocycles. The molecule has 18 heavy (non-hydrogen) atoms. The van der Waals surface area contributed by atoms with E-state index in [4.69, 9.17) is 0 Å². The third-order valence-corrected chi connectivity index (χ3v) is 5.48. The van der Waals surface area contributed by atoms with Crippen LogP contribution in [0.3, 0.4) is 0 Å². The van der Waals surface area contributed by atoms with Gasteiger partial charge in [-0.15, -0.1) is 0 Å². The van der Waals surface area contributed by atoms with Gasteiger partial charge in [-0.05, 0) is 25.7 Å². The maximum Gasteiger partial charge on any atom is 0.136 e. The number of Topliss-reactive ketones (excluding diaryl/α,β-unsaturated/α-hetero) is 1. The fourth-order valence-corrected chi connectivity index (χ4v) is 4.62. The molecule has 2 spiro atoms. The van der Waals surface area contributed by atoms with Crippen molar-refractivity contribution in [2.45, 2.75) is 88.1 Å². The number of piperidine rings is 1. The summed E-state index contributed by atoms with van der Waals surface area (Å²) in [7, 11) is 0. The van der Waals surface area contributed by atoms with Crippen molar-refractivity contribution in [2.75, 3.05) is 0 Å². The number of hydrogen-bond acceptors (Lipinski definition) is 3. The molecule has 0 bridgehead atoms. The zero-order valence-electron chi connectivity index (χ0n) is 11.2. The molecule has 2 saturated carbocycles. The van der Waals surface area contributed by atoms with Gasteiger partial charge < -0.3 is 10.3 Å². The van der Waals surface area contributed by atoms with E-state index in [0.717, 1.165) is 51.4 Å². The predicted molar refractivity (Wildman–Crippen MR) is 71.1 cm³/mol. The summed E-state index contributed by atoms with van der Waals surface area (Å²) < 4.78 is 0. The minimum absolute atomic E-state index is 0.315. The molecule has 0 unspecified atom stereocenters. The van der Waals surface area contributed by atoms with Gasteiger partial charge in [-0.2, -0.15) is 0 Å². The molecule has 3 fully saturated rings. The minimum atomic E-state index is -0.315. The topological polar surface area (TPSA) is 43.4 Å². The molecule has 3 aliphatic rings. The Balaban J connectivity index is 1.89. The summed E-state index contributed by atoms with van der Waals surface area (Å²) in [4.78, 5) is 12.2. The lowest BCUT2D eigenvalue weighted by Crippen LogP contribution is -2.64. The summed E-state index contributed by atoms with van der Waals surface area (Å²) in [5.41, 5.74) is -0.629. The molecule has 0 atom stereocenters. The van der Waals surface area contributed by atoms with E-state index in [1.54, 1.807) is 0 Å². The number of hydroxylamine groups is 2. The number of hydrogen-bond donors (Lipinski definition) is 0. The van der Waals surface area contributed by atoms with E-state index < -0.39 is 0 Å². The van der Waals surface area contributed by atoms with Gasteiger partial charge >= 0.3 is 0 Å². The van der Waals surface area contributed by atoms with Crippen LogP contribution in [0.4, 0.5) is 0 Å². The zero-order valence-corrected chi connectivity index (χ0v) is 11.2. The van der Waals surface area contributed by atoms with Gasteiger partial charge in [0.1, 0.15) is 5.78 Å². The van der Waals surface area contributed by atoms with Gasteiger partial charge in [0.15, 0.2) is 0 Å². The van der Waals surface area contributed by atoms with E-state index in [9.17, 15) is 10.0 Å². The third-order valence-electron chi connectivity index (χ3n) is 5.48. The Labute approximate surface area is 110 Å². The monoisotopic (exact) mass is 250 g/mol. The van der Waals surface area contributed by atoms with Crippen LogP contribution in [-0.2, 0) is 4.79 Å². The lowest BCUT2D eigenvalue weighted by molar-refractivity contribution is -0.138. The summed E-state index contributed by atoms with van der Waals surface area (Å²) in [5, 5.41) is 14.4. The van der Waals surface area contributed by atoms with Crippen LogP contribution in [0.2, 0.25) is 0 Å². The van der Waals surface area contributed by atoms with E-state index in [0.29, 0.717) is 18.6 Å². The van der Waals surface area contributed by atoms with Crippen LogP contribution in [0, 0.1) is 5.21 Å². The minimum Gasteiger partial charge on any atom is -0.784 e. The normalized spacial score (nSPS) is 31.9. The number of ketones is 1. The van der Waals surface area contributed by atoms with E-state index in [-0.39, 0.29) is 11.1 Å². The van der Waals surface area contributed by atoms with Crippen molar-refractivity contribution in [1.82, 2.24) is 5.06 Å². The molecule has 1 heterocycles. The van der Waals surface area contributed by atoms with Crippen molar-refractivity contribution < 1.29 is 4.79 Å². The van der Waals surface area contributed by atoms with Crippen LogP contribution >= 0.6 is 0 Å². The number of rotatable bonds is 0. The first-order valence-electron chi connectivity index (χ1n) is 7.66. The zero-order chi connectivity index (χ0) is 12.6. The van der Waals surface area contributed by atoms with Crippen molar-refractivity contribution in [3.8, 4) is 0 Å². The van der Waals surface area contributed by atoms with Gasteiger partial charge in [0.2, 0.25) is 0 Å². The second-order valence-electron chi connectivity index (χ2n) is 6.76.